The molecule has 12 heteroatoms. The summed E-state index contributed by atoms with van der Waals surface area (Å²) in [5, 5.41) is 41.5. The maximum Gasteiger partial charge on any atom is 0.414 e. The Hall–Kier alpha value is -1.95. The number of carbonyl (C=O) groups is 2. The van der Waals surface area contributed by atoms with Gasteiger partial charge in [-0.05, 0) is 24.6 Å². The van der Waals surface area contributed by atoms with Gasteiger partial charge in [-0.2, -0.15) is 0 Å². The van der Waals surface area contributed by atoms with Crippen LogP contribution >= 0.6 is 23.2 Å². The lowest BCUT2D eigenvalue weighted by molar-refractivity contribution is -0.224. The molecule has 29 heavy (non-hydrogen) atoms. The van der Waals surface area contributed by atoms with Gasteiger partial charge in [-0.15, -0.1) is 0 Å². The smallest absolute Gasteiger partial charge is 0.414 e. The van der Waals surface area contributed by atoms with E-state index in [9.17, 15) is 24.9 Å². The minimum Gasteiger partial charge on any atom is -0.446 e. The Kier molecular flexibility index (Phi) is 8.20. The van der Waals surface area contributed by atoms with Crippen molar-refractivity contribution < 1.29 is 34.4 Å². The molecule has 2 amide bonds. The monoisotopic (exact) mass is 449 g/mol. The van der Waals surface area contributed by atoms with Crippen LogP contribution < -0.4 is 10.6 Å². The van der Waals surface area contributed by atoms with Crippen molar-refractivity contribution in [2.75, 3.05) is 6.61 Å². The fourth-order valence-electron chi connectivity index (χ4n) is 2.65. The minimum atomic E-state index is -1.46. The summed E-state index contributed by atoms with van der Waals surface area (Å²) in [5.74, 6) is -1.28. The first-order chi connectivity index (χ1) is 13.6. The third kappa shape index (κ3) is 6.26. The van der Waals surface area contributed by atoms with Gasteiger partial charge in [0, 0.05) is 10.0 Å². The third-order valence-corrected chi connectivity index (χ3v) is 4.93. The molecule has 2 rings (SSSR count). The highest BCUT2D eigenvalue weighted by atomic mass is 35.5. The van der Waals surface area contributed by atoms with Crippen molar-refractivity contribution in [3.8, 4) is 0 Å². The number of nitrogens with one attached hydrogen (secondary N) is 3. The van der Waals surface area contributed by atoms with Crippen molar-refractivity contribution in [3.63, 3.8) is 0 Å². The fourth-order valence-corrected chi connectivity index (χ4v) is 3.18. The number of hydrogen-bond donors (Lipinski definition) is 6. The van der Waals surface area contributed by atoms with Gasteiger partial charge in [-0.3, -0.25) is 20.8 Å². The maximum atomic E-state index is 12.0. The van der Waals surface area contributed by atoms with Crippen molar-refractivity contribution >= 4 is 41.2 Å². The summed E-state index contributed by atoms with van der Waals surface area (Å²) in [6.45, 7) is 1.04. The Morgan fingerprint density at radius 3 is 2.38 bits per heavy atom. The van der Waals surface area contributed by atoms with Gasteiger partial charge in [0.1, 0.15) is 31.0 Å². The number of alkyl carbamates (subject to hydrolysis) is 1. The van der Waals surface area contributed by atoms with Crippen molar-refractivity contribution in [3.05, 3.63) is 33.8 Å². The van der Waals surface area contributed by atoms with Crippen LogP contribution in [0.25, 0.3) is 0 Å². The predicted octanol–water partition coefficient (Wildman–Crippen LogP) is 0.183. The molecule has 0 bridgehead atoms. The molecule has 1 aliphatic rings. The van der Waals surface area contributed by atoms with E-state index in [1.807, 2.05) is 5.32 Å². The van der Waals surface area contributed by atoms with E-state index in [1.165, 1.54) is 6.92 Å². The number of hydrogen-bond acceptors (Lipinski definition) is 8. The van der Waals surface area contributed by atoms with Crippen molar-refractivity contribution in [1.29, 1.82) is 5.41 Å². The van der Waals surface area contributed by atoms with Crippen LogP contribution in [0.3, 0.4) is 0 Å². The second-order valence-electron chi connectivity index (χ2n) is 6.38. The quantitative estimate of drug-likeness (QED) is 0.282. The molecule has 1 saturated heterocycles. The molecule has 0 spiro atoms. The van der Waals surface area contributed by atoms with Crippen molar-refractivity contribution in [2.45, 2.75) is 43.9 Å². The molecule has 5 atom stereocenters. The first kappa shape index (κ1) is 23.3. The van der Waals surface area contributed by atoms with Crippen LogP contribution in [0.4, 0.5) is 4.79 Å². The Morgan fingerprint density at radius 1 is 1.14 bits per heavy atom. The van der Waals surface area contributed by atoms with Crippen LogP contribution in [0, 0.1) is 5.41 Å². The molecule has 1 aromatic rings. The summed E-state index contributed by atoms with van der Waals surface area (Å²) in [4.78, 5) is 23.8. The van der Waals surface area contributed by atoms with E-state index < -0.39 is 55.1 Å². The van der Waals surface area contributed by atoms with E-state index in [0.29, 0.717) is 15.6 Å². The van der Waals surface area contributed by atoms with Gasteiger partial charge < -0.3 is 24.8 Å². The number of amides is 2. The number of halogens is 2. The lowest BCUT2D eigenvalue weighted by atomic mass is 9.96. The van der Waals surface area contributed by atoms with Gasteiger partial charge in [0.2, 0.25) is 11.9 Å². The summed E-state index contributed by atoms with van der Waals surface area (Å²) in [5.41, 5.74) is 0.377. The highest BCUT2D eigenvalue weighted by Gasteiger charge is 2.42. The standard InChI is InChI=1S/C17H21Cl2N3O7/c1-7-13(24)15(26)14(25)11(29-7)6-28-17(27)22-16(20)21-12(23)5-8-9(18)3-2-4-10(8)19/h2-4,7,11,13-15,24-26H,5-6H2,1H3,(H3,20,21,22,23,27)/t7-,11?,13+,14-,15-/m1/s1. The molecule has 10 nitrogen and oxygen atoms in total. The van der Waals surface area contributed by atoms with Gasteiger partial charge in [0.15, 0.2) is 0 Å². The van der Waals surface area contributed by atoms with Crippen molar-refractivity contribution in [1.82, 2.24) is 10.6 Å². The van der Waals surface area contributed by atoms with E-state index in [-0.39, 0.29) is 6.42 Å². The Morgan fingerprint density at radius 2 is 1.76 bits per heavy atom. The highest BCUT2D eigenvalue weighted by molar-refractivity contribution is 6.36. The largest absolute Gasteiger partial charge is 0.446 e. The van der Waals surface area contributed by atoms with E-state index >= 15 is 0 Å². The summed E-state index contributed by atoms with van der Waals surface area (Å²) in [7, 11) is 0. The summed E-state index contributed by atoms with van der Waals surface area (Å²) >= 11 is 12.0. The molecule has 0 radical (unpaired) electrons. The Bertz CT molecular complexity index is 759. The number of benzene rings is 1. The number of aliphatic hydroxyl groups is 3. The zero-order chi connectivity index (χ0) is 21.7. The van der Waals surface area contributed by atoms with E-state index in [1.54, 1.807) is 18.2 Å². The number of carbonyl (C=O) groups excluding carboxylic acids is 2. The Balaban J connectivity index is 1.79. The first-order valence-electron chi connectivity index (χ1n) is 8.55. The predicted molar refractivity (Wildman–Crippen MR) is 103 cm³/mol. The molecule has 0 aromatic heterocycles. The second-order valence-corrected chi connectivity index (χ2v) is 7.19. The van der Waals surface area contributed by atoms with Gasteiger partial charge in [-0.1, -0.05) is 29.3 Å². The first-order valence-corrected chi connectivity index (χ1v) is 9.30. The molecule has 1 aliphatic heterocycles. The van der Waals surface area contributed by atoms with Gasteiger partial charge in [-0.25, -0.2) is 4.79 Å². The van der Waals surface area contributed by atoms with Crippen LogP contribution in [0.1, 0.15) is 12.5 Å². The number of guanidine groups is 1. The van der Waals surface area contributed by atoms with Crippen LogP contribution in [-0.2, 0) is 20.7 Å². The van der Waals surface area contributed by atoms with E-state index in [0.717, 1.165) is 0 Å². The molecule has 0 aliphatic carbocycles. The normalized spacial score (nSPS) is 26.5. The van der Waals surface area contributed by atoms with Crippen molar-refractivity contribution in [2.24, 2.45) is 0 Å². The summed E-state index contributed by atoms with van der Waals surface area (Å²) in [6, 6.07) is 4.75. The SMILES string of the molecule is C[C@H]1OC(COC(=O)NC(=N)NC(=O)Cc2c(Cl)cccc2Cl)[C@@H](O)[C@H](O)[C@H]1O. The molecule has 6 N–H and O–H groups in total. The van der Waals surface area contributed by atoms with Gasteiger partial charge >= 0.3 is 6.09 Å². The van der Waals surface area contributed by atoms with E-state index in [4.69, 9.17) is 38.1 Å². The zero-order valence-corrected chi connectivity index (χ0v) is 16.8. The molecule has 1 heterocycles. The molecular weight excluding hydrogens is 429 g/mol. The number of ether oxygens (including phenoxy) is 2. The molecule has 1 unspecified atom stereocenters. The molecule has 1 fully saturated rings. The Labute approximate surface area is 176 Å². The maximum absolute atomic E-state index is 12.0. The summed E-state index contributed by atoms with van der Waals surface area (Å²) in [6.07, 6.45) is -7.34. The van der Waals surface area contributed by atoms with Crippen LogP contribution in [-0.4, -0.2) is 70.4 Å². The van der Waals surface area contributed by atoms with E-state index in [2.05, 4.69) is 5.32 Å². The van der Waals surface area contributed by atoms with Gasteiger partial charge in [0.05, 0.1) is 12.5 Å². The summed E-state index contributed by atoms with van der Waals surface area (Å²) < 4.78 is 10.1. The topological polar surface area (TPSA) is 161 Å². The third-order valence-electron chi connectivity index (χ3n) is 4.22. The highest BCUT2D eigenvalue weighted by Crippen LogP contribution is 2.24. The molecular formula is C17H21Cl2N3O7. The molecule has 1 aromatic carbocycles. The molecule has 0 saturated carbocycles. The minimum absolute atomic E-state index is 0.210. The lowest BCUT2D eigenvalue weighted by Gasteiger charge is -2.38. The number of aliphatic hydroxyl groups excluding tert-OH is 3. The second kappa shape index (κ2) is 10.2. The van der Waals surface area contributed by atoms with Crippen LogP contribution in [0.5, 0.6) is 0 Å². The average Bonchev–Trinajstić information content (AvgIpc) is 2.64. The van der Waals surface area contributed by atoms with Crippen LogP contribution in [0.15, 0.2) is 18.2 Å². The van der Waals surface area contributed by atoms with Crippen LogP contribution in [0.2, 0.25) is 10.0 Å². The van der Waals surface area contributed by atoms with Gasteiger partial charge in [0.25, 0.3) is 0 Å². The zero-order valence-electron chi connectivity index (χ0n) is 15.3. The number of rotatable bonds is 4. The lowest BCUT2D eigenvalue weighted by Crippen LogP contribution is -2.58. The average molecular weight is 450 g/mol. The fraction of sp³-hybridized carbons (Fsp3) is 0.471. The molecule has 160 valence electrons.